The van der Waals surface area contributed by atoms with Crippen LogP contribution in [0.4, 0.5) is 19.0 Å². The van der Waals surface area contributed by atoms with Gasteiger partial charge in [-0.25, -0.2) is 4.98 Å². The highest BCUT2D eigenvalue weighted by Crippen LogP contribution is 2.29. The quantitative estimate of drug-likeness (QED) is 0.228. The maximum absolute atomic E-state index is 12.6. The van der Waals surface area contributed by atoms with E-state index in [1.165, 1.54) is 12.3 Å². The summed E-state index contributed by atoms with van der Waals surface area (Å²) in [6.07, 6.45) is -2.14. The predicted molar refractivity (Wildman–Crippen MR) is 123 cm³/mol. The highest BCUT2D eigenvalue weighted by Gasteiger charge is 2.30. The van der Waals surface area contributed by atoms with Gasteiger partial charge in [0, 0.05) is 16.2 Å². The van der Waals surface area contributed by atoms with E-state index in [2.05, 4.69) is 55.7 Å². The molecule has 1 heterocycles. The normalized spacial score (nSPS) is 11.8. The van der Waals surface area contributed by atoms with Crippen LogP contribution in [-0.2, 0) is 12.8 Å². The first-order valence-corrected chi connectivity index (χ1v) is 10.4. The highest BCUT2D eigenvalue weighted by atomic mass is 79.9. The second-order valence-electron chi connectivity index (χ2n) is 6.95. The summed E-state index contributed by atoms with van der Waals surface area (Å²) in [5.74, 6) is 0.815. The third kappa shape index (κ3) is 5.45. The van der Waals surface area contributed by atoms with Gasteiger partial charge in [-0.1, -0.05) is 52.3 Å². The van der Waals surface area contributed by atoms with E-state index >= 15 is 0 Å². The van der Waals surface area contributed by atoms with Crippen molar-refractivity contribution in [1.29, 1.82) is 0 Å². The third-order valence-electron chi connectivity index (χ3n) is 4.65. The summed E-state index contributed by atoms with van der Waals surface area (Å²) < 4.78 is 44.8. The Kier molecular flexibility index (Phi) is 6.41. The van der Waals surface area contributed by atoms with E-state index < -0.39 is 11.7 Å². The van der Waals surface area contributed by atoms with Crippen LogP contribution >= 0.6 is 15.9 Å². The molecule has 1 aromatic heterocycles. The molecule has 0 amide bonds. The number of pyridine rings is 1. The number of aromatic nitrogens is 1. The molecule has 4 rings (SSSR count). The summed E-state index contributed by atoms with van der Waals surface area (Å²) in [7, 11) is 0. The average Bonchev–Trinajstić information content (AvgIpc) is 2.78. The molecule has 0 fully saturated rings. The molecule has 0 radical (unpaired) electrons. The lowest BCUT2D eigenvalue weighted by Gasteiger charge is -2.10. The van der Waals surface area contributed by atoms with E-state index in [-0.39, 0.29) is 5.82 Å². The standard InChI is InChI=1S/C24H17BrF3N3O/c25-21-8-9-22(32-15-16-5-6-17-3-1-2-4-18(17)11-16)19(12-21)13-30-31-23-10-7-20(14-29-23)24(26,27)28/h1-14H,15H2,(H,29,31)/b30-13-. The molecule has 32 heavy (non-hydrogen) atoms. The second-order valence-corrected chi connectivity index (χ2v) is 7.87. The summed E-state index contributed by atoms with van der Waals surface area (Å²) >= 11 is 3.43. The molecule has 0 aliphatic carbocycles. The molecule has 4 aromatic rings. The minimum atomic E-state index is -4.43. The number of ether oxygens (including phenoxy) is 1. The number of nitrogens with one attached hydrogen (secondary N) is 1. The Morgan fingerprint density at radius 2 is 1.78 bits per heavy atom. The summed E-state index contributed by atoms with van der Waals surface area (Å²) in [6, 6.07) is 21.9. The molecular weight excluding hydrogens is 483 g/mol. The van der Waals surface area contributed by atoms with Crippen LogP contribution < -0.4 is 10.2 Å². The first-order valence-electron chi connectivity index (χ1n) is 9.61. The maximum Gasteiger partial charge on any atom is 0.417 e. The topological polar surface area (TPSA) is 46.5 Å². The molecule has 0 unspecified atom stereocenters. The van der Waals surface area contributed by atoms with Crippen molar-refractivity contribution >= 4 is 38.7 Å². The number of rotatable bonds is 6. The Morgan fingerprint density at radius 3 is 2.53 bits per heavy atom. The van der Waals surface area contributed by atoms with Crippen LogP contribution in [0.1, 0.15) is 16.7 Å². The van der Waals surface area contributed by atoms with E-state index in [0.717, 1.165) is 33.1 Å². The van der Waals surface area contributed by atoms with Crippen LogP contribution in [0.3, 0.4) is 0 Å². The van der Waals surface area contributed by atoms with Crippen LogP contribution in [0, 0.1) is 0 Å². The smallest absolute Gasteiger partial charge is 0.417 e. The SMILES string of the molecule is FC(F)(F)c1ccc(N/N=C\c2cc(Br)ccc2OCc2ccc3ccccc3c2)nc1. The minimum absolute atomic E-state index is 0.197. The van der Waals surface area contributed by atoms with Crippen molar-refractivity contribution in [2.24, 2.45) is 5.10 Å². The van der Waals surface area contributed by atoms with Gasteiger partial charge in [0.05, 0.1) is 11.8 Å². The molecule has 0 aliphatic heterocycles. The van der Waals surface area contributed by atoms with Crippen LogP contribution in [0.15, 0.2) is 88.6 Å². The van der Waals surface area contributed by atoms with E-state index in [4.69, 9.17) is 4.74 Å². The number of hydrogen-bond donors (Lipinski definition) is 1. The number of hydrogen-bond acceptors (Lipinski definition) is 4. The fourth-order valence-electron chi connectivity index (χ4n) is 3.04. The monoisotopic (exact) mass is 499 g/mol. The Balaban J connectivity index is 1.45. The van der Waals surface area contributed by atoms with E-state index in [1.54, 1.807) is 0 Å². The van der Waals surface area contributed by atoms with E-state index in [1.807, 2.05) is 36.4 Å². The van der Waals surface area contributed by atoms with Crippen LogP contribution in [0.2, 0.25) is 0 Å². The zero-order chi connectivity index (χ0) is 22.6. The van der Waals surface area contributed by atoms with E-state index in [0.29, 0.717) is 17.9 Å². The molecular formula is C24H17BrF3N3O. The van der Waals surface area contributed by atoms with Gasteiger partial charge in [0.1, 0.15) is 18.2 Å². The van der Waals surface area contributed by atoms with Gasteiger partial charge in [-0.3, -0.25) is 5.43 Å². The zero-order valence-electron chi connectivity index (χ0n) is 16.6. The van der Waals surface area contributed by atoms with Gasteiger partial charge in [0.25, 0.3) is 0 Å². The lowest BCUT2D eigenvalue weighted by atomic mass is 10.1. The van der Waals surface area contributed by atoms with Crippen LogP contribution in [0.25, 0.3) is 10.8 Å². The summed E-state index contributed by atoms with van der Waals surface area (Å²) in [5, 5.41) is 6.38. The molecule has 162 valence electrons. The number of anilines is 1. The number of halogens is 4. The third-order valence-corrected chi connectivity index (χ3v) is 5.15. The fourth-order valence-corrected chi connectivity index (χ4v) is 3.42. The van der Waals surface area contributed by atoms with Gasteiger partial charge in [-0.2, -0.15) is 18.3 Å². The molecule has 3 aromatic carbocycles. The fraction of sp³-hybridized carbons (Fsp3) is 0.0833. The number of benzene rings is 3. The van der Waals surface area contributed by atoms with Crippen molar-refractivity contribution in [2.45, 2.75) is 12.8 Å². The Morgan fingerprint density at radius 1 is 0.969 bits per heavy atom. The van der Waals surface area contributed by atoms with Crippen molar-refractivity contribution in [3.63, 3.8) is 0 Å². The van der Waals surface area contributed by atoms with E-state index in [9.17, 15) is 13.2 Å². The first kappa shape index (κ1) is 21.8. The molecule has 4 nitrogen and oxygen atoms in total. The van der Waals surface area contributed by atoms with Crippen molar-refractivity contribution in [1.82, 2.24) is 4.98 Å². The lowest BCUT2D eigenvalue weighted by molar-refractivity contribution is -0.137. The Bertz CT molecular complexity index is 1260. The minimum Gasteiger partial charge on any atom is -0.488 e. The van der Waals surface area contributed by atoms with Gasteiger partial charge in [-0.05, 0) is 52.7 Å². The van der Waals surface area contributed by atoms with Gasteiger partial charge < -0.3 is 4.74 Å². The van der Waals surface area contributed by atoms with Gasteiger partial charge in [0.2, 0.25) is 0 Å². The molecule has 0 atom stereocenters. The molecule has 0 saturated heterocycles. The molecule has 1 N–H and O–H groups in total. The highest BCUT2D eigenvalue weighted by molar-refractivity contribution is 9.10. The second kappa shape index (κ2) is 9.40. The van der Waals surface area contributed by atoms with Gasteiger partial charge in [-0.15, -0.1) is 0 Å². The Hall–Kier alpha value is -3.39. The lowest BCUT2D eigenvalue weighted by Crippen LogP contribution is -2.05. The van der Waals surface area contributed by atoms with Crippen LogP contribution in [-0.4, -0.2) is 11.2 Å². The number of alkyl halides is 3. The van der Waals surface area contributed by atoms with Crippen molar-refractivity contribution in [2.75, 3.05) is 5.43 Å². The number of nitrogens with zero attached hydrogens (tertiary/aromatic N) is 2. The average molecular weight is 500 g/mol. The summed E-state index contributed by atoms with van der Waals surface area (Å²) in [6.45, 7) is 0.376. The molecule has 8 heteroatoms. The summed E-state index contributed by atoms with van der Waals surface area (Å²) in [4.78, 5) is 3.73. The largest absolute Gasteiger partial charge is 0.488 e. The van der Waals surface area contributed by atoms with Crippen molar-refractivity contribution in [3.8, 4) is 5.75 Å². The summed E-state index contributed by atoms with van der Waals surface area (Å²) in [5.41, 5.74) is 3.54. The van der Waals surface area contributed by atoms with Crippen molar-refractivity contribution in [3.05, 3.63) is 100 Å². The maximum atomic E-state index is 12.6. The first-order chi connectivity index (χ1) is 15.4. The van der Waals surface area contributed by atoms with Gasteiger partial charge in [0.15, 0.2) is 0 Å². The molecule has 0 saturated carbocycles. The number of fused-ring (bicyclic) bond motifs is 1. The molecule has 0 bridgehead atoms. The predicted octanol–water partition coefficient (Wildman–Crippen LogP) is 7.04. The van der Waals surface area contributed by atoms with Crippen LogP contribution in [0.5, 0.6) is 5.75 Å². The number of hydrazone groups is 1. The zero-order valence-corrected chi connectivity index (χ0v) is 18.2. The Labute approximate surface area is 190 Å². The molecule has 0 aliphatic rings. The van der Waals surface area contributed by atoms with Crippen molar-refractivity contribution < 1.29 is 17.9 Å². The molecule has 0 spiro atoms. The van der Waals surface area contributed by atoms with Gasteiger partial charge >= 0.3 is 6.18 Å².